The molecular weight excluding hydrogens is 274 g/mol. The summed E-state index contributed by atoms with van der Waals surface area (Å²) in [6, 6.07) is 3.54. The molecule has 1 N–H and O–H groups in total. The molecule has 0 aromatic carbocycles. The molecule has 0 unspecified atom stereocenters. The van der Waals surface area contributed by atoms with Crippen LogP contribution in [0.2, 0.25) is 5.22 Å². The topological polar surface area (TPSA) is 42.2 Å². The predicted molar refractivity (Wildman–Crippen MR) is 76.2 cm³/mol. The van der Waals surface area contributed by atoms with Gasteiger partial charge in [0.2, 0.25) is 5.91 Å². The molecule has 5 rings (SSSR count). The number of carbonyl (C=O) groups is 1. The lowest BCUT2D eigenvalue weighted by Gasteiger charge is -2.55. The Bertz CT molecular complexity index is 501. The van der Waals surface area contributed by atoms with Crippen LogP contribution in [0.15, 0.2) is 16.5 Å². The maximum atomic E-state index is 12.7. The fourth-order valence-electron chi connectivity index (χ4n) is 5.19. The highest BCUT2D eigenvalue weighted by molar-refractivity contribution is 6.28. The standard InChI is InChI=1S/C16H20ClNO2/c17-14-2-1-13(20-14)9-18-15(19)16-6-10-3-11(7-16)5-12(4-10)8-16/h1-2,10-12H,3-9H2,(H,18,19). The number of halogens is 1. The fourth-order valence-corrected chi connectivity index (χ4v) is 5.35. The number of hydrogen-bond donors (Lipinski definition) is 1. The minimum Gasteiger partial charge on any atom is -0.448 e. The molecule has 4 saturated carbocycles. The molecule has 0 radical (unpaired) electrons. The minimum absolute atomic E-state index is 0.0782. The van der Waals surface area contributed by atoms with E-state index < -0.39 is 0 Å². The molecule has 4 heteroatoms. The molecular formula is C16H20ClNO2. The Hall–Kier alpha value is -0.960. The molecule has 4 bridgehead atoms. The van der Waals surface area contributed by atoms with Crippen molar-refractivity contribution < 1.29 is 9.21 Å². The first-order chi connectivity index (χ1) is 9.63. The lowest BCUT2D eigenvalue weighted by atomic mass is 9.49. The van der Waals surface area contributed by atoms with Gasteiger partial charge in [-0.25, -0.2) is 0 Å². The van der Waals surface area contributed by atoms with Crippen LogP contribution < -0.4 is 5.32 Å². The third kappa shape index (κ3) is 2.07. The van der Waals surface area contributed by atoms with E-state index in [9.17, 15) is 4.79 Å². The summed E-state index contributed by atoms with van der Waals surface area (Å²) in [6.07, 6.45) is 7.39. The Labute approximate surface area is 124 Å². The molecule has 1 heterocycles. The lowest BCUT2D eigenvalue weighted by molar-refractivity contribution is -0.146. The maximum Gasteiger partial charge on any atom is 0.226 e. The van der Waals surface area contributed by atoms with Gasteiger partial charge in [0, 0.05) is 5.41 Å². The second kappa shape index (κ2) is 4.52. The summed E-state index contributed by atoms with van der Waals surface area (Å²) in [6.45, 7) is 0.452. The zero-order valence-electron chi connectivity index (χ0n) is 11.5. The quantitative estimate of drug-likeness (QED) is 0.922. The zero-order valence-corrected chi connectivity index (χ0v) is 12.3. The Kier molecular flexibility index (Phi) is 2.88. The van der Waals surface area contributed by atoms with E-state index in [-0.39, 0.29) is 11.3 Å². The van der Waals surface area contributed by atoms with Crippen molar-refractivity contribution in [3.63, 3.8) is 0 Å². The average molecular weight is 294 g/mol. The summed E-state index contributed by atoms with van der Waals surface area (Å²) in [4.78, 5) is 12.7. The molecule has 0 atom stereocenters. The van der Waals surface area contributed by atoms with E-state index in [1.165, 1.54) is 19.3 Å². The van der Waals surface area contributed by atoms with Crippen LogP contribution in [0.1, 0.15) is 44.3 Å². The molecule has 20 heavy (non-hydrogen) atoms. The summed E-state index contributed by atoms with van der Waals surface area (Å²) >= 11 is 5.75. The summed E-state index contributed by atoms with van der Waals surface area (Å²) in [5.41, 5.74) is -0.0782. The molecule has 4 aliphatic carbocycles. The monoisotopic (exact) mass is 293 g/mol. The van der Waals surface area contributed by atoms with E-state index in [1.54, 1.807) is 6.07 Å². The van der Waals surface area contributed by atoms with Gasteiger partial charge in [0.15, 0.2) is 5.22 Å². The second-order valence-corrected chi connectivity index (χ2v) is 7.46. The first-order valence-electron chi connectivity index (χ1n) is 7.65. The highest BCUT2D eigenvalue weighted by Crippen LogP contribution is 2.60. The van der Waals surface area contributed by atoms with Gasteiger partial charge in [-0.2, -0.15) is 0 Å². The van der Waals surface area contributed by atoms with Gasteiger partial charge in [-0.3, -0.25) is 4.79 Å². The third-order valence-corrected chi connectivity index (χ3v) is 5.78. The normalized spacial score (nSPS) is 38.1. The first kappa shape index (κ1) is 12.8. The SMILES string of the molecule is O=C(NCc1ccc(Cl)o1)C12CC3CC(CC(C3)C1)C2. The summed E-state index contributed by atoms with van der Waals surface area (Å²) in [5, 5.41) is 3.46. The van der Waals surface area contributed by atoms with E-state index >= 15 is 0 Å². The van der Waals surface area contributed by atoms with Crippen LogP contribution in [-0.2, 0) is 11.3 Å². The largest absolute Gasteiger partial charge is 0.448 e. The molecule has 4 fully saturated rings. The van der Waals surface area contributed by atoms with E-state index in [1.807, 2.05) is 6.07 Å². The van der Waals surface area contributed by atoms with Crippen molar-refractivity contribution in [2.45, 2.75) is 45.1 Å². The lowest BCUT2D eigenvalue weighted by Crippen LogP contribution is -2.53. The molecule has 108 valence electrons. The van der Waals surface area contributed by atoms with E-state index in [0.29, 0.717) is 11.8 Å². The Balaban J connectivity index is 1.45. The fraction of sp³-hybridized carbons (Fsp3) is 0.688. The smallest absolute Gasteiger partial charge is 0.226 e. The van der Waals surface area contributed by atoms with Crippen LogP contribution in [-0.4, -0.2) is 5.91 Å². The number of rotatable bonds is 3. The molecule has 1 aromatic heterocycles. The van der Waals surface area contributed by atoms with Gasteiger partial charge < -0.3 is 9.73 Å². The first-order valence-corrected chi connectivity index (χ1v) is 8.03. The molecule has 0 aliphatic heterocycles. The van der Waals surface area contributed by atoms with Crippen molar-refractivity contribution in [1.82, 2.24) is 5.32 Å². The minimum atomic E-state index is -0.0782. The second-order valence-electron chi connectivity index (χ2n) is 7.09. The van der Waals surface area contributed by atoms with Gasteiger partial charge in [-0.05, 0) is 80.0 Å². The number of furan rings is 1. The Morgan fingerprint density at radius 2 is 1.80 bits per heavy atom. The maximum absolute atomic E-state index is 12.7. The van der Waals surface area contributed by atoms with Crippen molar-refractivity contribution >= 4 is 17.5 Å². The number of carbonyl (C=O) groups excluding carboxylic acids is 1. The van der Waals surface area contributed by atoms with Gasteiger partial charge in [0.1, 0.15) is 5.76 Å². The van der Waals surface area contributed by atoms with Crippen LogP contribution in [0.25, 0.3) is 0 Å². The van der Waals surface area contributed by atoms with Gasteiger partial charge >= 0.3 is 0 Å². The molecule has 1 amide bonds. The summed E-state index contributed by atoms with van der Waals surface area (Å²) in [5.74, 6) is 3.36. The van der Waals surface area contributed by atoms with Gasteiger partial charge in [-0.1, -0.05) is 0 Å². The summed E-state index contributed by atoms with van der Waals surface area (Å²) < 4.78 is 5.30. The number of nitrogens with one attached hydrogen (secondary N) is 1. The van der Waals surface area contributed by atoms with Crippen LogP contribution in [0.4, 0.5) is 0 Å². The highest BCUT2D eigenvalue weighted by Gasteiger charge is 2.54. The van der Waals surface area contributed by atoms with Crippen molar-refractivity contribution in [2.75, 3.05) is 0 Å². The molecule has 1 aromatic rings. The predicted octanol–water partition coefficient (Wildman–Crippen LogP) is 3.77. The molecule has 0 spiro atoms. The van der Waals surface area contributed by atoms with Crippen molar-refractivity contribution in [3.8, 4) is 0 Å². The van der Waals surface area contributed by atoms with Gasteiger partial charge in [0.25, 0.3) is 0 Å². The summed E-state index contributed by atoms with van der Waals surface area (Å²) in [7, 11) is 0. The Morgan fingerprint density at radius 3 is 2.30 bits per heavy atom. The van der Waals surface area contributed by atoms with Crippen LogP contribution >= 0.6 is 11.6 Å². The van der Waals surface area contributed by atoms with E-state index in [0.717, 1.165) is 42.8 Å². The van der Waals surface area contributed by atoms with Gasteiger partial charge in [0.05, 0.1) is 6.54 Å². The van der Waals surface area contributed by atoms with Crippen LogP contribution in [0.3, 0.4) is 0 Å². The van der Waals surface area contributed by atoms with Crippen molar-refractivity contribution in [2.24, 2.45) is 23.2 Å². The van der Waals surface area contributed by atoms with E-state index in [2.05, 4.69) is 5.32 Å². The zero-order chi connectivity index (χ0) is 13.7. The van der Waals surface area contributed by atoms with E-state index in [4.69, 9.17) is 16.0 Å². The molecule has 0 saturated heterocycles. The average Bonchev–Trinajstić information content (AvgIpc) is 2.80. The van der Waals surface area contributed by atoms with Gasteiger partial charge in [-0.15, -0.1) is 0 Å². The van der Waals surface area contributed by atoms with Crippen molar-refractivity contribution in [3.05, 3.63) is 23.1 Å². The third-order valence-electron chi connectivity index (χ3n) is 5.57. The van der Waals surface area contributed by atoms with Crippen molar-refractivity contribution in [1.29, 1.82) is 0 Å². The van der Waals surface area contributed by atoms with Crippen LogP contribution in [0, 0.1) is 23.2 Å². The molecule has 3 nitrogen and oxygen atoms in total. The van der Waals surface area contributed by atoms with Crippen LogP contribution in [0.5, 0.6) is 0 Å². The Morgan fingerprint density at radius 1 is 1.20 bits per heavy atom. The number of amides is 1. The number of hydrogen-bond acceptors (Lipinski definition) is 2. The molecule has 4 aliphatic rings. The highest BCUT2D eigenvalue weighted by atomic mass is 35.5.